The molecule has 0 unspecified atom stereocenters. The van der Waals surface area contributed by atoms with Crippen LogP contribution in [0.2, 0.25) is 10.0 Å². The molecule has 1 aliphatic heterocycles. The molecule has 0 spiro atoms. The van der Waals surface area contributed by atoms with Crippen LogP contribution in [0.3, 0.4) is 0 Å². The minimum absolute atomic E-state index is 0.255. The normalized spacial score (nSPS) is 16.2. The average molecular weight is 445 g/mol. The number of urea groups is 1. The van der Waals surface area contributed by atoms with E-state index in [9.17, 15) is 14.4 Å². The second-order valence-corrected chi connectivity index (χ2v) is 7.88. The van der Waals surface area contributed by atoms with Gasteiger partial charge in [-0.25, -0.2) is 4.79 Å². The number of hydrogen-bond donors (Lipinski definition) is 3. The van der Waals surface area contributed by atoms with E-state index in [0.717, 1.165) is 26.9 Å². The molecule has 4 rings (SSSR count). The summed E-state index contributed by atoms with van der Waals surface area (Å²) in [6.07, 6.45) is 2.14. The first kappa shape index (κ1) is 20.3. The maximum atomic E-state index is 12.8. The Hall–Kier alpha value is -3.03. The zero-order valence-electron chi connectivity index (χ0n) is 16.0. The van der Waals surface area contributed by atoms with Crippen LogP contribution in [0, 0.1) is 6.92 Å². The van der Waals surface area contributed by atoms with Crippen LogP contribution in [-0.2, 0) is 16.0 Å². The summed E-state index contributed by atoms with van der Waals surface area (Å²) >= 11 is 12.3. The summed E-state index contributed by atoms with van der Waals surface area (Å²) in [5.74, 6) is -1.03. The first-order valence-corrected chi connectivity index (χ1v) is 10.0. The second kappa shape index (κ2) is 8.01. The molecule has 154 valence electrons. The van der Waals surface area contributed by atoms with E-state index in [2.05, 4.69) is 15.6 Å². The zero-order chi connectivity index (χ0) is 21.4. The van der Waals surface area contributed by atoms with Gasteiger partial charge in [-0.05, 0) is 30.2 Å². The summed E-state index contributed by atoms with van der Waals surface area (Å²) < 4.78 is 0. The minimum Gasteiger partial charge on any atom is -0.361 e. The maximum absolute atomic E-state index is 12.8. The van der Waals surface area contributed by atoms with Crippen molar-refractivity contribution in [1.29, 1.82) is 0 Å². The number of imide groups is 1. The van der Waals surface area contributed by atoms with Crippen molar-refractivity contribution in [2.24, 2.45) is 0 Å². The third-order valence-corrected chi connectivity index (χ3v) is 5.86. The molecule has 0 aliphatic carbocycles. The third kappa shape index (κ3) is 3.74. The van der Waals surface area contributed by atoms with Gasteiger partial charge < -0.3 is 15.6 Å². The predicted molar refractivity (Wildman–Crippen MR) is 116 cm³/mol. The number of benzene rings is 2. The number of aromatic amines is 1. The van der Waals surface area contributed by atoms with E-state index in [1.807, 2.05) is 30.5 Å². The van der Waals surface area contributed by atoms with Crippen LogP contribution >= 0.6 is 23.2 Å². The molecule has 30 heavy (non-hydrogen) atoms. The van der Waals surface area contributed by atoms with Gasteiger partial charge in [-0.15, -0.1) is 0 Å². The summed E-state index contributed by atoms with van der Waals surface area (Å²) in [5, 5.41) is 6.81. The quantitative estimate of drug-likeness (QED) is 0.521. The van der Waals surface area contributed by atoms with E-state index < -0.39 is 30.4 Å². The number of H-pyrrole nitrogens is 1. The number of aromatic nitrogens is 1. The topological polar surface area (TPSA) is 94.3 Å². The Balaban J connectivity index is 1.45. The van der Waals surface area contributed by atoms with E-state index in [4.69, 9.17) is 23.2 Å². The molecule has 1 fully saturated rings. The maximum Gasteiger partial charge on any atom is 0.325 e. The molecule has 1 aromatic heterocycles. The summed E-state index contributed by atoms with van der Waals surface area (Å²) in [6, 6.07) is 9.70. The summed E-state index contributed by atoms with van der Waals surface area (Å²) in [5.41, 5.74) is 2.86. The molecule has 9 heteroatoms. The number of nitrogens with zero attached hydrogens (tertiary/aromatic N) is 1. The van der Waals surface area contributed by atoms with Gasteiger partial charge in [0.25, 0.3) is 5.91 Å². The first-order chi connectivity index (χ1) is 14.3. The van der Waals surface area contributed by atoms with Gasteiger partial charge >= 0.3 is 6.03 Å². The van der Waals surface area contributed by atoms with Gasteiger partial charge in [-0.2, -0.15) is 0 Å². The van der Waals surface area contributed by atoms with Gasteiger partial charge in [0.2, 0.25) is 5.91 Å². The van der Waals surface area contributed by atoms with E-state index in [1.54, 1.807) is 19.1 Å². The molecule has 0 bridgehead atoms. The second-order valence-electron chi connectivity index (χ2n) is 7.09. The fourth-order valence-corrected chi connectivity index (χ4v) is 3.94. The minimum atomic E-state index is -0.740. The number of anilines is 1. The van der Waals surface area contributed by atoms with Crippen molar-refractivity contribution < 1.29 is 14.4 Å². The molecule has 4 amide bonds. The molecule has 1 atom stereocenters. The lowest BCUT2D eigenvalue weighted by atomic mass is 10.1. The SMILES string of the molecule is Cc1ccc(Cl)c(NC(=O)CN2C(=O)N[C@@H](Cc3c[nH]c4ccccc34)C2=O)c1Cl. The molecule has 0 radical (unpaired) electrons. The highest BCUT2D eigenvalue weighted by Gasteiger charge is 2.39. The number of halogens is 2. The monoisotopic (exact) mass is 444 g/mol. The van der Waals surface area contributed by atoms with Crippen molar-refractivity contribution in [3.8, 4) is 0 Å². The van der Waals surface area contributed by atoms with Gasteiger partial charge in [-0.3, -0.25) is 14.5 Å². The van der Waals surface area contributed by atoms with Gasteiger partial charge in [0.05, 0.1) is 15.7 Å². The van der Waals surface area contributed by atoms with E-state index >= 15 is 0 Å². The number of amides is 4. The fraction of sp³-hybridized carbons (Fsp3) is 0.190. The van der Waals surface area contributed by atoms with Crippen LogP contribution in [-0.4, -0.2) is 40.3 Å². The van der Waals surface area contributed by atoms with E-state index in [1.165, 1.54) is 0 Å². The standard InChI is InChI=1S/C21H18Cl2N4O3/c1-11-6-7-14(22)19(18(11)23)26-17(28)10-27-20(29)16(25-21(27)30)8-12-9-24-15-5-3-2-4-13(12)15/h2-7,9,16,24H,8,10H2,1H3,(H,25,30)(H,26,28)/t16-/m0/s1. The van der Waals surface area contributed by atoms with Crippen molar-refractivity contribution >= 4 is 57.6 Å². The molecule has 3 aromatic rings. The van der Waals surface area contributed by atoms with Crippen LogP contribution in [0.1, 0.15) is 11.1 Å². The molecular weight excluding hydrogens is 427 g/mol. The van der Waals surface area contributed by atoms with Gasteiger partial charge in [0.1, 0.15) is 12.6 Å². The lowest BCUT2D eigenvalue weighted by Crippen LogP contribution is -2.38. The van der Waals surface area contributed by atoms with Crippen LogP contribution < -0.4 is 10.6 Å². The number of hydrogen-bond acceptors (Lipinski definition) is 3. The molecule has 7 nitrogen and oxygen atoms in total. The lowest BCUT2D eigenvalue weighted by molar-refractivity contribution is -0.130. The Labute approximate surface area is 182 Å². The molecule has 0 saturated carbocycles. The Morgan fingerprint density at radius 3 is 2.73 bits per heavy atom. The fourth-order valence-electron chi connectivity index (χ4n) is 3.48. The first-order valence-electron chi connectivity index (χ1n) is 9.26. The van der Waals surface area contributed by atoms with E-state index in [-0.39, 0.29) is 10.7 Å². The average Bonchev–Trinajstić information content (AvgIpc) is 3.25. The van der Waals surface area contributed by atoms with Crippen molar-refractivity contribution in [2.75, 3.05) is 11.9 Å². The molecular formula is C21H18Cl2N4O3. The van der Waals surface area contributed by atoms with Crippen LogP contribution in [0.25, 0.3) is 10.9 Å². The predicted octanol–water partition coefficient (Wildman–Crippen LogP) is 3.88. The summed E-state index contributed by atoms with van der Waals surface area (Å²) in [7, 11) is 0. The van der Waals surface area contributed by atoms with Crippen molar-refractivity contribution in [2.45, 2.75) is 19.4 Å². The molecule has 1 aliphatic rings. The largest absolute Gasteiger partial charge is 0.361 e. The number of nitrogens with one attached hydrogen (secondary N) is 3. The van der Waals surface area contributed by atoms with Gasteiger partial charge in [-0.1, -0.05) is 47.5 Å². The number of fused-ring (bicyclic) bond motifs is 1. The highest BCUT2D eigenvalue weighted by molar-refractivity contribution is 6.40. The van der Waals surface area contributed by atoms with Crippen LogP contribution in [0.5, 0.6) is 0 Å². The lowest BCUT2D eigenvalue weighted by Gasteiger charge is -2.15. The summed E-state index contributed by atoms with van der Waals surface area (Å²) in [4.78, 5) is 41.6. The van der Waals surface area contributed by atoms with Gasteiger partial charge in [0.15, 0.2) is 0 Å². The zero-order valence-corrected chi connectivity index (χ0v) is 17.5. The number of carbonyl (C=O) groups is 3. The van der Waals surface area contributed by atoms with Gasteiger partial charge in [0, 0.05) is 23.5 Å². The Bertz CT molecular complexity index is 1170. The smallest absolute Gasteiger partial charge is 0.325 e. The van der Waals surface area contributed by atoms with Crippen molar-refractivity contribution in [3.05, 3.63) is 63.8 Å². The number of rotatable bonds is 5. The Kier molecular flexibility index (Phi) is 5.40. The molecule has 1 saturated heterocycles. The highest BCUT2D eigenvalue weighted by Crippen LogP contribution is 2.33. The number of carbonyl (C=O) groups excluding carboxylic acids is 3. The van der Waals surface area contributed by atoms with Crippen LogP contribution in [0.15, 0.2) is 42.6 Å². The van der Waals surface area contributed by atoms with Crippen molar-refractivity contribution in [3.63, 3.8) is 0 Å². The molecule has 3 N–H and O–H groups in total. The molecule has 2 heterocycles. The van der Waals surface area contributed by atoms with Crippen LogP contribution in [0.4, 0.5) is 10.5 Å². The summed E-state index contributed by atoms with van der Waals surface area (Å²) in [6.45, 7) is 1.34. The number of para-hydroxylation sites is 1. The highest BCUT2D eigenvalue weighted by atomic mass is 35.5. The Morgan fingerprint density at radius 2 is 1.93 bits per heavy atom. The molecule has 2 aromatic carbocycles. The van der Waals surface area contributed by atoms with E-state index in [0.29, 0.717) is 11.4 Å². The Morgan fingerprint density at radius 1 is 1.17 bits per heavy atom. The third-order valence-electron chi connectivity index (χ3n) is 5.06. The van der Waals surface area contributed by atoms with Crippen molar-refractivity contribution in [1.82, 2.24) is 15.2 Å². The number of aryl methyl sites for hydroxylation is 1.